The SMILES string of the molecule is CC(C)(C)P1C2(C)C=CC1(C)CCC2. The molecule has 0 aromatic heterocycles. The highest BCUT2D eigenvalue weighted by atomic mass is 31.1. The Morgan fingerprint density at radius 2 is 1.43 bits per heavy atom. The van der Waals surface area contributed by atoms with Crippen molar-refractivity contribution in [1.29, 1.82) is 0 Å². The van der Waals surface area contributed by atoms with Crippen molar-refractivity contribution in [1.82, 2.24) is 0 Å². The van der Waals surface area contributed by atoms with Crippen molar-refractivity contribution in [3.63, 3.8) is 0 Å². The van der Waals surface area contributed by atoms with Gasteiger partial charge >= 0.3 is 0 Å². The topological polar surface area (TPSA) is 0 Å². The Morgan fingerprint density at radius 3 is 1.71 bits per heavy atom. The van der Waals surface area contributed by atoms with Gasteiger partial charge in [0.2, 0.25) is 0 Å². The first-order chi connectivity index (χ1) is 6.28. The van der Waals surface area contributed by atoms with Crippen molar-refractivity contribution < 1.29 is 0 Å². The summed E-state index contributed by atoms with van der Waals surface area (Å²) in [5.41, 5.74) is 0. The number of hydrogen-bond donors (Lipinski definition) is 0. The summed E-state index contributed by atoms with van der Waals surface area (Å²) in [7, 11) is 0.101. The zero-order valence-corrected chi connectivity index (χ0v) is 11.1. The molecule has 0 N–H and O–H groups in total. The third-order valence-electron chi connectivity index (χ3n) is 3.86. The summed E-state index contributed by atoms with van der Waals surface area (Å²) in [5, 5.41) is 1.59. The van der Waals surface area contributed by atoms with Crippen LogP contribution in [-0.2, 0) is 0 Å². The molecule has 1 saturated heterocycles. The first-order valence-electron chi connectivity index (χ1n) is 5.79. The molecule has 2 bridgehead atoms. The van der Waals surface area contributed by atoms with E-state index in [4.69, 9.17) is 0 Å². The van der Waals surface area contributed by atoms with Gasteiger partial charge in [0.1, 0.15) is 0 Å². The van der Waals surface area contributed by atoms with Crippen LogP contribution < -0.4 is 0 Å². The van der Waals surface area contributed by atoms with Crippen LogP contribution in [0.2, 0.25) is 0 Å². The van der Waals surface area contributed by atoms with E-state index in [2.05, 4.69) is 46.8 Å². The molecule has 2 heterocycles. The van der Waals surface area contributed by atoms with Crippen LogP contribution in [0, 0.1) is 0 Å². The summed E-state index contributed by atoms with van der Waals surface area (Å²) in [6, 6.07) is 0. The second-order valence-electron chi connectivity index (χ2n) is 6.41. The van der Waals surface area contributed by atoms with E-state index >= 15 is 0 Å². The molecule has 2 rings (SSSR count). The van der Waals surface area contributed by atoms with Crippen LogP contribution in [0.15, 0.2) is 12.2 Å². The summed E-state index contributed by atoms with van der Waals surface area (Å²) >= 11 is 0. The lowest BCUT2D eigenvalue weighted by Gasteiger charge is -2.52. The van der Waals surface area contributed by atoms with Gasteiger partial charge in [0.25, 0.3) is 0 Å². The van der Waals surface area contributed by atoms with Gasteiger partial charge < -0.3 is 0 Å². The van der Waals surface area contributed by atoms with E-state index in [9.17, 15) is 0 Å². The molecule has 1 fully saturated rings. The van der Waals surface area contributed by atoms with Crippen molar-refractivity contribution in [2.75, 3.05) is 0 Å². The Morgan fingerprint density at radius 1 is 1.00 bits per heavy atom. The van der Waals surface area contributed by atoms with E-state index in [1.54, 1.807) is 0 Å². The lowest BCUT2D eigenvalue weighted by atomic mass is 10.0. The summed E-state index contributed by atoms with van der Waals surface area (Å²) in [6.07, 6.45) is 9.34. The average molecular weight is 210 g/mol. The molecule has 0 nitrogen and oxygen atoms in total. The minimum atomic E-state index is 0.101. The molecule has 14 heavy (non-hydrogen) atoms. The number of hydrogen-bond acceptors (Lipinski definition) is 0. The lowest BCUT2D eigenvalue weighted by Crippen LogP contribution is -2.38. The van der Waals surface area contributed by atoms with E-state index in [0.29, 0.717) is 15.5 Å². The zero-order valence-electron chi connectivity index (χ0n) is 10.2. The molecule has 0 radical (unpaired) electrons. The highest BCUT2D eigenvalue weighted by Crippen LogP contribution is 2.76. The van der Waals surface area contributed by atoms with Gasteiger partial charge in [-0.25, -0.2) is 0 Å². The predicted octanol–water partition coefficient (Wildman–Crippen LogP) is 4.54. The normalized spacial score (nSPS) is 47.1. The fourth-order valence-electron chi connectivity index (χ4n) is 3.82. The molecule has 0 aromatic rings. The fraction of sp³-hybridized carbons (Fsp3) is 0.846. The van der Waals surface area contributed by atoms with Gasteiger partial charge in [-0.15, -0.1) is 0 Å². The maximum atomic E-state index is 2.54. The summed E-state index contributed by atoms with van der Waals surface area (Å²) in [4.78, 5) is 0. The minimum absolute atomic E-state index is 0.101. The van der Waals surface area contributed by atoms with Gasteiger partial charge in [-0.1, -0.05) is 61.1 Å². The maximum Gasteiger partial charge on any atom is 0.00682 e. The van der Waals surface area contributed by atoms with E-state index < -0.39 is 0 Å². The Kier molecular flexibility index (Phi) is 2.17. The van der Waals surface area contributed by atoms with Crippen molar-refractivity contribution in [3.8, 4) is 0 Å². The molecule has 0 saturated carbocycles. The molecule has 1 heteroatoms. The predicted molar refractivity (Wildman–Crippen MR) is 66.5 cm³/mol. The van der Waals surface area contributed by atoms with E-state index in [0.717, 1.165) is 0 Å². The molecule has 0 aromatic carbocycles. The quantitative estimate of drug-likeness (QED) is 0.407. The Hall–Kier alpha value is 0.170. The minimum Gasteiger partial charge on any atom is -0.0811 e. The standard InChI is InChI=1S/C13H23P/c1-11(2,3)14-12(4)7-6-8-13(14,5)10-9-12/h9-10H,6-8H2,1-5H3. The fourth-order valence-corrected chi connectivity index (χ4v) is 9.26. The number of rotatable bonds is 0. The van der Waals surface area contributed by atoms with Crippen LogP contribution in [0.25, 0.3) is 0 Å². The Balaban J connectivity index is 2.42. The highest BCUT2D eigenvalue weighted by Gasteiger charge is 2.54. The molecular weight excluding hydrogens is 187 g/mol. The zero-order chi connectivity index (χ0) is 10.6. The number of allylic oxidation sites excluding steroid dienone is 2. The van der Waals surface area contributed by atoms with Crippen molar-refractivity contribution >= 4 is 7.92 Å². The van der Waals surface area contributed by atoms with Gasteiger partial charge in [-0.3, -0.25) is 0 Å². The molecule has 2 aliphatic heterocycles. The van der Waals surface area contributed by atoms with Gasteiger partial charge in [-0.05, 0) is 18.0 Å². The maximum absolute atomic E-state index is 2.54. The monoisotopic (exact) mass is 210 g/mol. The molecule has 0 amide bonds. The highest BCUT2D eigenvalue weighted by molar-refractivity contribution is 7.63. The van der Waals surface area contributed by atoms with Gasteiger partial charge in [0, 0.05) is 10.3 Å². The molecule has 0 aliphatic carbocycles. The van der Waals surface area contributed by atoms with E-state index in [1.165, 1.54) is 19.3 Å². The number of fused-ring (bicyclic) bond motifs is 2. The Bertz CT molecular complexity index is 253. The summed E-state index contributed by atoms with van der Waals surface area (Å²) in [6.45, 7) is 12.3. The van der Waals surface area contributed by atoms with Gasteiger partial charge in [0.05, 0.1) is 0 Å². The van der Waals surface area contributed by atoms with Crippen LogP contribution in [0.4, 0.5) is 0 Å². The van der Waals surface area contributed by atoms with Gasteiger partial charge in [-0.2, -0.15) is 0 Å². The van der Waals surface area contributed by atoms with Crippen molar-refractivity contribution in [2.24, 2.45) is 0 Å². The van der Waals surface area contributed by atoms with Crippen LogP contribution in [0.3, 0.4) is 0 Å². The molecule has 2 aliphatic rings. The van der Waals surface area contributed by atoms with Crippen LogP contribution >= 0.6 is 7.92 Å². The van der Waals surface area contributed by atoms with Gasteiger partial charge in [0.15, 0.2) is 0 Å². The molecule has 80 valence electrons. The summed E-state index contributed by atoms with van der Waals surface area (Å²) in [5.74, 6) is 0. The second-order valence-corrected chi connectivity index (χ2v) is 10.5. The van der Waals surface area contributed by atoms with E-state index in [1.807, 2.05) is 0 Å². The third-order valence-corrected chi connectivity index (χ3v) is 7.99. The summed E-state index contributed by atoms with van der Waals surface area (Å²) < 4.78 is 0. The van der Waals surface area contributed by atoms with Crippen molar-refractivity contribution in [3.05, 3.63) is 12.2 Å². The lowest BCUT2D eigenvalue weighted by molar-refractivity contribution is 0.524. The van der Waals surface area contributed by atoms with E-state index in [-0.39, 0.29) is 7.92 Å². The first kappa shape index (κ1) is 10.7. The molecule has 0 spiro atoms. The van der Waals surface area contributed by atoms with Crippen LogP contribution in [-0.4, -0.2) is 15.5 Å². The first-order valence-corrected chi connectivity index (χ1v) is 7.13. The molecule has 2 atom stereocenters. The van der Waals surface area contributed by atoms with Crippen molar-refractivity contribution in [2.45, 2.75) is 69.3 Å². The second kappa shape index (κ2) is 2.85. The smallest absolute Gasteiger partial charge is 0.00682 e. The van der Waals surface area contributed by atoms with Crippen LogP contribution in [0.5, 0.6) is 0 Å². The third kappa shape index (κ3) is 1.38. The molecule has 2 unspecified atom stereocenters. The Labute approximate surface area is 89.9 Å². The van der Waals surface area contributed by atoms with Crippen LogP contribution in [0.1, 0.15) is 53.9 Å². The largest absolute Gasteiger partial charge is 0.0811 e. The average Bonchev–Trinajstić information content (AvgIpc) is 2.14. The molecular formula is C13H23P.